The summed E-state index contributed by atoms with van der Waals surface area (Å²) in [6, 6.07) is 3.58. The molecule has 162 valence electrons. The Morgan fingerprint density at radius 2 is 1.70 bits per heavy atom. The molecule has 0 saturated carbocycles. The molecule has 0 bridgehead atoms. The molecule has 0 N–H and O–H groups in total. The summed E-state index contributed by atoms with van der Waals surface area (Å²) in [7, 11) is -2.25. The Kier molecular flexibility index (Phi) is 8.99. The monoisotopic (exact) mass is 452 g/mol. The van der Waals surface area contributed by atoms with Gasteiger partial charge in [-0.3, -0.25) is 14.6 Å². The Bertz CT molecular complexity index is 1030. The predicted octanol–water partition coefficient (Wildman–Crippen LogP) is 3.94. The molecule has 1 aliphatic heterocycles. The van der Waals surface area contributed by atoms with Crippen LogP contribution in [0.5, 0.6) is 0 Å². The second-order valence-corrected chi connectivity index (χ2v) is 10.5. The van der Waals surface area contributed by atoms with Gasteiger partial charge in [0.1, 0.15) is 24.2 Å². The third-order valence-electron chi connectivity index (χ3n) is 4.32. The number of halogens is 1. The summed E-state index contributed by atoms with van der Waals surface area (Å²) in [6.07, 6.45) is 6.46. The third-order valence-corrected chi connectivity index (χ3v) is 7.53. The van der Waals surface area contributed by atoms with Crippen LogP contribution in [0, 0.1) is 0 Å². The summed E-state index contributed by atoms with van der Waals surface area (Å²) in [4.78, 5) is 29.4. The Morgan fingerprint density at radius 1 is 1.03 bits per heavy atom. The lowest BCUT2D eigenvalue weighted by Gasteiger charge is -2.08. The maximum Gasteiger partial charge on any atom is 0.316 e. The molecule has 0 radical (unpaired) electrons. The van der Waals surface area contributed by atoms with Crippen LogP contribution in [0.4, 0.5) is 4.20 Å². The first-order valence-electron chi connectivity index (χ1n) is 10.1. The van der Waals surface area contributed by atoms with Gasteiger partial charge in [-0.1, -0.05) is 31.9 Å². The molecule has 30 heavy (non-hydrogen) atoms. The molecule has 0 atom stereocenters. The second-order valence-electron chi connectivity index (χ2n) is 6.21. The van der Waals surface area contributed by atoms with Gasteiger partial charge >= 0.3 is 11.1 Å². The van der Waals surface area contributed by atoms with Gasteiger partial charge in [0.25, 0.3) is 0 Å². The van der Waals surface area contributed by atoms with Gasteiger partial charge in [0.05, 0.1) is 29.2 Å². The number of thiazole rings is 1. The van der Waals surface area contributed by atoms with E-state index in [1.54, 1.807) is 30.2 Å². The quantitative estimate of drug-likeness (QED) is 0.418. The van der Waals surface area contributed by atoms with Gasteiger partial charge in [-0.2, -0.15) is 5.10 Å². The minimum absolute atomic E-state index is 0.158. The average Bonchev–Trinajstić information content (AvgIpc) is 3.28. The van der Waals surface area contributed by atoms with E-state index in [1.165, 1.54) is 20.5 Å². The molecule has 0 amide bonds. The fraction of sp³-hybridized carbons (Fsp3) is 0.450. The highest BCUT2D eigenvalue weighted by molar-refractivity contribution is 7.78. The molecule has 1 saturated heterocycles. The van der Waals surface area contributed by atoms with Crippen LogP contribution in [-0.4, -0.2) is 42.8 Å². The van der Waals surface area contributed by atoms with Crippen molar-refractivity contribution in [3.63, 3.8) is 0 Å². The van der Waals surface area contributed by atoms with Gasteiger partial charge in [0.2, 0.25) is 7.57 Å². The third kappa shape index (κ3) is 6.12. The molecule has 4 heterocycles. The number of aryl methyl sites for hydroxylation is 1. The van der Waals surface area contributed by atoms with Crippen LogP contribution >= 0.6 is 18.9 Å². The van der Waals surface area contributed by atoms with Gasteiger partial charge in [-0.25, -0.2) is 0 Å². The molecule has 1 fully saturated rings. The maximum absolute atomic E-state index is 13.8. The Hall–Kier alpha value is -2.25. The van der Waals surface area contributed by atoms with Crippen molar-refractivity contribution in [1.82, 2.24) is 24.3 Å². The first-order chi connectivity index (χ1) is 14.5. The van der Waals surface area contributed by atoms with E-state index in [1.807, 2.05) is 33.8 Å². The highest BCUT2D eigenvalue weighted by Crippen LogP contribution is 2.73. The van der Waals surface area contributed by atoms with Crippen molar-refractivity contribution in [3.05, 3.63) is 62.6 Å². The van der Waals surface area contributed by atoms with E-state index >= 15 is 0 Å². The Balaban J connectivity index is 0.000000757. The zero-order valence-corrected chi connectivity index (χ0v) is 19.5. The van der Waals surface area contributed by atoms with Gasteiger partial charge in [0.15, 0.2) is 0 Å². The summed E-state index contributed by atoms with van der Waals surface area (Å²) in [5.41, 5.74) is 1.74. The molecule has 3 aromatic rings. The molecule has 0 unspecified atom stereocenters. The lowest BCUT2D eigenvalue weighted by atomic mass is 10.3. The smallest absolute Gasteiger partial charge is 0.306 e. The van der Waals surface area contributed by atoms with Crippen molar-refractivity contribution in [2.75, 3.05) is 18.5 Å². The average molecular weight is 453 g/mol. The Labute approximate surface area is 180 Å². The molecule has 7 nitrogen and oxygen atoms in total. The van der Waals surface area contributed by atoms with E-state index < -0.39 is 18.7 Å². The van der Waals surface area contributed by atoms with Crippen LogP contribution in [-0.2, 0) is 13.1 Å². The van der Waals surface area contributed by atoms with Gasteiger partial charge in [-0.05, 0) is 12.1 Å². The zero-order valence-electron chi connectivity index (χ0n) is 17.8. The van der Waals surface area contributed by atoms with E-state index in [4.69, 9.17) is 0 Å². The van der Waals surface area contributed by atoms with Crippen LogP contribution in [0.1, 0.15) is 33.4 Å². The van der Waals surface area contributed by atoms with E-state index in [-0.39, 0.29) is 13.1 Å². The van der Waals surface area contributed by atoms with Crippen LogP contribution in [0.3, 0.4) is 0 Å². The van der Waals surface area contributed by atoms with E-state index in [0.717, 1.165) is 4.88 Å². The van der Waals surface area contributed by atoms with Crippen molar-refractivity contribution in [3.8, 4) is 10.6 Å². The number of nitrogens with zero attached hydrogens (tertiary/aromatic N) is 5. The largest absolute Gasteiger partial charge is 0.316 e. The minimum Gasteiger partial charge on any atom is -0.306 e. The minimum atomic E-state index is -2.25. The molecule has 0 spiro atoms. The van der Waals surface area contributed by atoms with Gasteiger partial charge in [-0.15, -0.1) is 16.4 Å². The number of hydrogen-bond acceptors (Lipinski definition) is 6. The highest BCUT2D eigenvalue weighted by Gasteiger charge is 2.54. The number of rotatable bonds is 6. The molecule has 0 aliphatic carbocycles. The second kappa shape index (κ2) is 11.2. The van der Waals surface area contributed by atoms with E-state index in [9.17, 15) is 13.8 Å². The maximum atomic E-state index is 13.8. The highest BCUT2D eigenvalue weighted by atomic mass is 32.1. The molecule has 0 aromatic carbocycles. The molecule has 10 heteroatoms. The fourth-order valence-corrected chi connectivity index (χ4v) is 5.03. The number of hydrogen-bond donors (Lipinski definition) is 0. The summed E-state index contributed by atoms with van der Waals surface area (Å²) >= 11 is 1.47. The van der Waals surface area contributed by atoms with Crippen LogP contribution in [0.2, 0.25) is 0 Å². The first kappa shape index (κ1) is 24.0. The standard InChI is InChI=1S/C16H16FN5O2PS.2C2H6/c17-25(7-8-25)6-5-21-3-4-22(16(24)15(21)23)10-12-1-2-13(20-19-12)14-9-18-11-26-14;2*1-2/h1-4,9,11H,5-8,10H2;2*1-2H3/q+1;;. The molecule has 1 aliphatic rings. The molecular formula is C20H28FN5O2PS+. The van der Waals surface area contributed by atoms with Crippen LogP contribution in [0.15, 0.2) is 45.8 Å². The lowest BCUT2D eigenvalue weighted by Crippen LogP contribution is -2.41. The lowest BCUT2D eigenvalue weighted by molar-refractivity contribution is 0.641. The topological polar surface area (TPSA) is 82.7 Å². The van der Waals surface area contributed by atoms with Crippen molar-refractivity contribution in [2.24, 2.45) is 0 Å². The molecular weight excluding hydrogens is 424 g/mol. The first-order valence-corrected chi connectivity index (χ1v) is 13.2. The predicted molar refractivity (Wildman–Crippen MR) is 123 cm³/mol. The fourth-order valence-electron chi connectivity index (χ4n) is 2.55. The molecule has 4 rings (SSSR count). The van der Waals surface area contributed by atoms with Crippen LogP contribution in [0.25, 0.3) is 10.6 Å². The summed E-state index contributed by atoms with van der Waals surface area (Å²) in [5.74, 6) is 0. The SMILES string of the molecule is CC.CC.O=c1c(=O)n(Cc2ccc(-c3cncs3)nn2)ccn1CC[P+]1(F)CC1. The number of aromatic nitrogens is 5. The van der Waals surface area contributed by atoms with Crippen molar-refractivity contribution in [2.45, 2.75) is 40.8 Å². The van der Waals surface area contributed by atoms with E-state index in [2.05, 4.69) is 15.2 Å². The Morgan fingerprint density at radius 3 is 2.27 bits per heavy atom. The zero-order chi connectivity index (χ0) is 22.1. The van der Waals surface area contributed by atoms with Crippen molar-refractivity contribution in [1.29, 1.82) is 0 Å². The normalized spacial score (nSPS) is 13.5. The van der Waals surface area contributed by atoms with Crippen LogP contribution < -0.4 is 11.1 Å². The summed E-state index contributed by atoms with van der Waals surface area (Å²) < 4.78 is 16.4. The summed E-state index contributed by atoms with van der Waals surface area (Å²) in [5, 5.41) is 8.25. The van der Waals surface area contributed by atoms with Gasteiger partial charge in [0, 0.05) is 18.6 Å². The van der Waals surface area contributed by atoms with Gasteiger partial charge < -0.3 is 9.13 Å². The van der Waals surface area contributed by atoms with Crippen molar-refractivity contribution >= 4 is 18.9 Å². The van der Waals surface area contributed by atoms with E-state index in [0.29, 0.717) is 29.9 Å². The van der Waals surface area contributed by atoms with Crippen molar-refractivity contribution < 1.29 is 4.20 Å². The summed E-state index contributed by atoms with van der Waals surface area (Å²) in [6.45, 7) is 8.42. The molecule has 3 aromatic heterocycles.